The first-order valence-electron chi connectivity index (χ1n) is 5.47. The van der Waals surface area contributed by atoms with Gasteiger partial charge in [-0.2, -0.15) is 0 Å². The van der Waals surface area contributed by atoms with Gasteiger partial charge in [0.15, 0.2) is 0 Å². The fourth-order valence-corrected chi connectivity index (χ4v) is 2.81. The lowest BCUT2D eigenvalue weighted by molar-refractivity contribution is 0.103. The third-order valence-electron chi connectivity index (χ3n) is 2.78. The van der Waals surface area contributed by atoms with Crippen LogP contribution in [0.25, 0.3) is 0 Å². The van der Waals surface area contributed by atoms with Crippen LogP contribution in [0.15, 0.2) is 23.6 Å². The van der Waals surface area contributed by atoms with Gasteiger partial charge in [0.05, 0.1) is 7.11 Å². The van der Waals surface area contributed by atoms with Gasteiger partial charge in [-0.25, -0.2) is 4.39 Å². The standard InChI is InChI=1S/C14H13FO2S/c1-8-6-10(15)7-9(2)12(8)13(16)14-11(17-3)4-5-18-14/h4-7H,1-3H3. The normalized spacial score (nSPS) is 10.4. The monoisotopic (exact) mass is 264 g/mol. The second-order valence-corrected chi connectivity index (χ2v) is 4.98. The van der Waals surface area contributed by atoms with Crippen LogP contribution in [0.5, 0.6) is 5.75 Å². The van der Waals surface area contributed by atoms with E-state index in [2.05, 4.69) is 0 Å². The van der Waals surface area contributed by atoms with Crippen LogP contribution in [0, 0.1) is 19.7 Å². The Morgan fingerprint density at radius 1 is 1.28 bits per heavy atom. The summed E-state index contributed by atoms with van der Waals surface area (Å²) in [5.74, 6) is 0.129. The number of aryl methyl sites for hydroxylation is 2. The number of hydrogen-bond donors (Lipinski definition) is 0. The first-order chi connectivity index (χ1) is 8.54. The molecule has 2 nitrogen and oxygen atoms in total. The van der Waals surface area contributed by atoms with E-state index in [0.717, 1.165) is 0 Å². The number of hydrogen-bond acceptors (Lipinski definition) is 3. The molecule has 1 aromatic heterocycles. The summed E-state index contributed by atoms with van der Waals surface area (Å²) in [5.41, 5.74) is 1.85. The van der Waals surface area contributed by atoms with E-state index in [-0.39, 0.29) is 11.6 Å². The van der Waals surface area contributed by atoms with E-state index in [0.29, 0.717) is 27.3 Å². The molecule has 4 heteroatoms. The molecule has 0 unspecified atom stereocenters. The SMILES string of the molecule is COc1ccsc1C(=O)c1c(C)cc(F)cc1C. The Balaban J connectivity index is 2.53. The summed E-state index contributed by atoms with van der Waals surface area (Å²) < 4.78 is 18.4. The number of carbonyl (C=O) groups is 1. The topological polar surface area (TPSA) is 26.3 Å². The van der Waals surface area contributed by atoms with Crippen LogP contribution in [-0.2, 0) is 0 Å². The molecule has 2 rings (SSSR count). The molecule has 0 radical (unpaired) electrons. The quantitative estimate of drug-likeness (QED) is 0.789. The predicted molar refractivity (Wildman–Crippen MR) is 70.2 cm³/mol. The first kappa shape index (κ1) is 12.8. The minimum absolute atomic E-state index is 0.114. The van der Waals surface area contributed by atoms with Gasteiger partial charge in [0.25, 0.3) is 0 Å². The Morgan fingerprint density at radius 3 is 2.44 bits per heavy atom. The van der Waals surface area contributed by atoms with Crippen LogP contribution < -0.4 is 4.74 Å². The Labute approximate surface area is 109 Å². The molecule has 0 aliphatic carbocycles. The van der Waals surface area contributed by atoms with Crippen LogP contribution >= 0.6 is 11.3 Å². The van der Waals surface area contributed by atoms with Gasteiger partial charge in [-0.05, 0) is 48.6 Å². The Hall–Kier alpha value is -1.68. The predicted octanol–water partition coefficient (Wildman–Crippen LogP) is 3.74. The van der Waals surface area contributed by atoms with Crippen molar-refractivity contribution in [3.8, 4) is 5.75 Å². The van der Waals surface area contributed by atoms with Gasteiger partial charge in [0, 0.05) is 5.56 Å². The molecule has 0 saturated carbocycles. The Morgan fingerprint density at radius 2 is 1.89 bits per heavy atom. The molecule has 0 N–H and O–H groups in total. The molecule has 0 saturated heterocycles. The van der Waals surface area contributed by atoms with Crippen molar-refractivity contribution >= 4 is 17.1 Å². The zero-order chi connectivity index (χ0) is 13.3. The third kappa shape index (κ3) is 2.16. The van der Waals surface area contributed by atoms with E-state index in [1.165, 1.54) is 30.6 Å². The minimum atomic E-state index is -0.320. The number of benzene rings is 1. The number of ketones is 1. The van der Waals surface area contributed by atoms with Crippen LogP contribution in [0.4, 0.5) is 4.39 Å². The maximum Gasteiger partial charge on any atom is 0.207 e. The number of ether oxygens (including phenoxy) is 1. The van der Waals surface area contributed by atoms with Gasteiger partial charge in [-0.1, -0.05) is 0 Å². The summed E-state index contributed by atoms with van der Waals surface area (Å²) in [4.78, 5) is 13.0. The van der Waals surface area contributed by atoms with Gasteiger partial charge in [0.2, 0.25) is 5.78 Å². The highest BCUT2D eigenvalue weighted by Gasteiger charge is 2.20. The highest BCUT2D eigenvalue weighted by molar-refractivity contribution is 7.12. The summed E-state index contributed by atoms with van der Waals surface area (Å²) in [6, 6.07) is 4.51. The molecule has 0 spiro atoms. The lowest BCUT2D eigenvalue weighted by atomic mass is 9.98. The molecule has 2 aromatic rings. The molecule has 0 atom stereocenters. The van der Waals surface area contributed by atoms with Crippen molar-refractivity contribution in [1.82, 2.24) is 0 Å². The zero-order valence-electron chi connectivity index (χ0n) is 10.4. The molecule has 0 bridgehead atoms. The molecule has 0 aliphatic heterocycles. The van der Waals surface area contributed by atoms with E-state index in [9.17, 15) is 9.18 Å². The largest absolute Gasteiger partial charge is 0.495 e. The van der Waals surface area contributed by atoms with Gasteiger partial charge in [0.1, 0.15) is 16.4 Å². The average Bonchev–Trinajstić information content (AvgIpc) is 2.75. The van der Waals surface area contributed by atoms with Crippen molar-refractivity contribution in [2.24, 2.45) is 0 Å². The fraction of sp³-hybridized carbons (Fsp3) is 0.214. The minimum Gasteiger partial charge on any atom is -0.495 e. The molecule has 94 valence electrons. The molecular formula is C14H13FO2S. The molecule has 0 fully saturated rings. The summed E-state index contributed by atoms with van der Waals surface area (Å²) in [6.45, 7) is 3.48. The van der Waals surface area contributed by atoms with Crippen molar-refractivity contribution < 1.29 is 13.9 Å². The lowest BCUT2D eigenvalue weighted by Gasteiger charge is -2.09. The van der Waals surface area contributed by atoms with Gasteiger partial charge < -0.3 is 4.74 Å². The number of carbonyl (C=O) groups excluding carboxylic acids is 1. The van der Waals surface area contributed by atoms with Crippen LogP contribution in [0.2, 0.25) is 0 Å². The van der Waals surface area contributed by atoms with E-state index in [1.54, 1.807) is 25.3 Å². The zero-order valence-corrected chi connectivity index (χ0v) is 11.2. The number of rotatable bonds is 3. The molecule has 1 aromatic carbocycles. The summed E-state index contributed by atoms with van der Waals surface area (Å²) in [7, 11) is 1.53. The van der Waals surface area contributed by atoms with E-state index >= 15 is 0 Å². The van der Waals surface area contributed by atoms with Crippen LogP contribution in [-0.4, -0.2) is 12.9 Å². The summed E-state index contributed by atoms with van der Waals surface area (Å²) >= 11 is 1.33. The van der Waals surface area contributed by atoms with Gasteiger partial charge in [-0.15, -0.1) is 11.3 Å². The molecule has 18 heavy (non-hydrogen) atoms. The molecule has 0 aliphatic rings. The summed E-state index contributed by atoms with van der Waals surface area (Å²) in [5, 5.41) is 1.81. The second kappa shape index (κ2) is 4.90. The maximum atomic E-state index is 13.2. The first-order valence-corrected chi connectivity index (χ1v) is 6.35. The van der Waals surface area contributed by atoms with Crippen molar-refractivity contribution in [2.75, 3.05) is 7.11 Å². The number of halogens is 1. The lowest BCUT2D eigenvalue weighted by Crippen LogP contribution is -2.06. The smallest absolute Gasteiger partial charge is 0.207 e. The summed E-state index contributed by atoms with van der Waals surface area (Å²) in [6.07, 6.45) is 0. The fourth-order valence-electron chi connectivity index (χ4n) is 2.01. The molecule has 1 heterocycles. The van der Waals surface area contributed by atoms with E-state index in [4.69, 9.17) is 4.74 Å². The third-order valence-corrected chi connectivity index (χ3v) is 3.67. The highest BCUT2D eigenvalue weighted by Crippen LogP contribution is 2.29. The Kier molecular flexibility index (Phi) is 3.48. The molecular weight excluding hydrogens is 251 g/mol. The number of methoxy groups -OCH3 is 1. The highest BCUT2D eigenvalue weighted by atomic mass is 32.1. The molecule has 0 amide bonds. The Bertz CT molecular complexity index is 579. The number of thiophene rings is 1. The van der Waals surface area contributed by atoms with Crippen molar-refractivity contribution in [3.63, 3.8) is 0 Å². The second-order valence-electron chi connectivity index (χ2n) is 4.06. The van der Waals surface area contributed by atoms with Crippen molar-refractivity contribution in [2.45, 2.75) is 13.8 Å². The maximum absolute atomic E-state index is 13.2. The average molecular weight is 264 g/mol. The van der Waals surface area contributed by atoms with E-state index < -0.39 is 0 Å². The van der Waals surface area contributed by atoms with Crippen molar-refractivity contribution in [1.29, 1.82) is 0 Å². The van der Waals surface area contributed by atoms with Crippen molar-refractivity contribution in [3.05, 3.63) is 51.0 Å². The van der Waals surface area contributed by atoms with Crippen LogP contribution in [0.1, 0.15) is 26.4 Å². The van der Waals surface area contributed by atoms with Gasteiger partial charge >= 0.3 is 0 Å². The van der Waals surface area contributed by atoms with Crippen LogP contribution in [0.3, 0.4) is 0 Å². The van der Waals surface area contributed by atoms with Gasteiger partial charge in [-0.3, -0.25) is 4.79 Å². The van der Waals surface area contributed by atoms with E-state index in [1.807, 2.05) is 0 Å².